The first-order valence-electron chi connectivity index (χ1n) is 8.94. The van der Waals surface area contributed by atoms with E-state index >= 15 is 0 Å². The number of aliphatic carboxylic acids is 1. The molecule has 8 nitrogen and oxygen atoms in total. The van der Waals surface area contributed by atoms with E-state index in [4.69, 9.17) is 12.2 Å². The SMILES string of the molecule is O=C1NC(=S)N(C2CC2)C(=O)C1C=N[C@@H](Cc1c[nH]c2ccccc12)C(=O)O. The molecule has 2 amide bonds. The van der Waals surface area contributed by atoms with Crippen LogP contribution >= 0.6 is 12.2 Å². The molecule has 2 aliphatic rings. The van der Waals surface area contributed by atoms with Gasteiger partial charge in [-0.15, -0.1) is 0 Å². The Morgan fingerprint density at radius 1 is 1.36 bits per heavy atom. The Kier molecular flexibility index (Phi) is 4.68. The number of aromatic nitrogens is 1. The number of benzene rings is 1. The third-order valence-corrected chi connectivity index (χ3v) is 5.23. The molecule has 2 aromatic rings. The third kappa shape index (κ3) is 3.40. The molecule has 0 bridgehead atoms. The average Bonchev–Trinajstić information content (AvgIpc) is 3.40. The van der Waals surface area contributed by atoms with Gasteiger partial charge in [0.05, 0.1) is 0 Å². The predicted molar refractivity (Wildman–Crippen MR) is 106 cm³/mol. The van der Waals surface area contributed by atoms with E-state index in [2.05, 4.69) is 15.3 Å². The van der Waals surface area contributed by atoms with Crippen LogP contribution in [-0.4, -0.2) is 56.2 Å². The number of H-pyrrole nitrogens is 1. The van der Waals surface area contributed by atoms with E-state index in [0.717, 1.165) is 35.5 Å². The molecular formula is C19H18N4O4S. The number of thiocarbonyl (C=S) groups is 1. The monoisotopic (exact) mass is 398 g/mol. The molecule has 1 aromatic heterocycles. The van der Waals surface area contributed by atoms with Crippen LogP contribution in [-0.2, 0) is 20.8 Å². The molecule has 1 unspecified atom stereocenters. The molecule has 0 radical (unpaired) electrons. The summed E-state index contributed by atoms with van der Waals surface area (Å²) in [7, 11) is 0. The van der Waals surface area contributed by atoms with Gasteiger partial charge in [0, 0.05) is 35.8 Å². The van der Waals surface area contributed by atoms with Crippen molar-refractivity contribution in [3.8, 4) is 0 Å². The first kappa shape index (κ1) is 18.3. The molecule has 1 aliphatic heterocycles. The fraction of sp³-hybridized carbons (Fsp3) is 0.316. The summed E-state index contributed by atoms with van der Waals surface area (Å²) >= 11 is 5.08. The van der Waals surface area contributed by atoms with Crippen molar-refractivity contribution in [1.82, 2.24) is 15.2 Å². The molecule has 28 heavy (non-hydrogen) atoms. The molecule has 2 heterocycles. The lowest BCUT2D eigenvalue weighted by Crippen LogP contribution is -2.59. The fourth-order valence-electron chi connectivity index (χ4n) is 3.32. The summed E-state index contributed by atoms with van der Waals surface area (Å²) in [5.41, 5.74) is 1.71. The Bertz CT molecular complexity index is 1010. The quantitative estimate of drug-likeness (QED) is 0.385. The number of carboxylic acids is 1. The van der Waals surface area contributed by atoms with E-state index in [1.165, 1.54) is 4.90 Å². The van der Waals surface area contributed by atoms with E-state index in [1.54, 1.807) is 6.20 Å². The van der Waals surface area contributed by atoms with Gasteiger partial charge in [0.25, 0.3) is 0 Å². The van der Waals surface area contributed by atoms with Gasteiger partial charge in [-0.2, -0.15) is 0 Å². The van der Waals surface area contributed by atoms with E-state index in [0.29, 0.717) is 0 Å². The van der Waals surface area contributed by atoms with Crippen molar-refractivity contribution < 1.29 is 19.5 Å². The van der Waals surface area contributed by atoms with E-state index in [1.807, 2.05) is 24.3 Å². The molecule has 144 valence electrons. The molecule has 4 rings (SSSR count). The lowest BCUT2D eigenvalue weighted by Gasteiger charge is -2.31. The molecule has 0 spiro atoms. The highest BCUT2D eigenvalue weighted by Gasteiger charge is 2.44. The zero-order chi connectivity index (χ0) is 19.8. The fourth-order valence-corrected chi connectivity index (χ4v) is 3.66. The van der Waals surface area contributed by atoms with Crippen LogP contribution in [0, 0.1) is 5.92 Å². The first-order chi connectivity index (χ1) is 13.5. The van der Waals surface area contributed by atoms with E-state index in [-0.39, 0.29) is 17.6 Å². The maximum atomic E-state index is 12.6. The van der Waals surface area contributed by atoms with Gasteiger partial charge in [-0.3, -0.25) is 19.5 Å². The van der Waals surface area contributed by atoms with Crippen LogP contribution in [0.25, 0.3) is 10.9 Å². The summed E-state index contributed by atoms with van der Waals surface area (Å²) in [6, 6.07) is 6.47. The van der Waals surface area contributed by atoms with Crippen LogP contribution in [0.15, 0.2) is 35.5 Å². The molecular weight excluding hydrogens is 380 g/mol. The number of para-hydroxylation sites is 1. The number of fused-ring (bicyclic) bond motifs is 1. The van der Waals surface area contributed by atoms with Gasteiger partial charge < -0.3 is 15.4 Å². The number of nitrogens with one attached hydrogen (secondary N) is 2. The highest BCUT2D eigenvalue weighted by atomic mass is 32.1. The second kappa shape index (κ2) is 7.16. The number of nitrogens with zero attached hydrogens (tertiary/aromatic N) is 2. The van der Waals surface area contributed by atoms with Crippen molar-refractivity contribution in [2.45, 2.75) is 31.3 Å². The lowest BCUT2D eigenvalue weighted by molar-refractivity contribution is -0.140. The normalized spacial score (nSPS) is 21.4. The Labute approximate surface area is 165 Å². The Hall–Kier alpha value is -3.07. The summed E-state index contributed by atoms with van der Waals surface area (Å²) < 4.78 is 0. The number of carbonyl (C=O) groups is 3. The van der Waals surface area contributed by atoms with Crippen LogP contribution in [0.4, 0.5) is 0 Å². The number of carbonyl (C=O) groups excluding carboxylic acids is 2. The molecule has 1 aliphatic carbocycles. The summed E-state index contributed by atoms with van der Waals surface area (Å²) in [6.45, 7) is 0. The zero-order valence-electron chi connectivity index (χ0n) is 14.8. The van der Waals surface area contributed by atoms with Crippen molar-refractivity contribution >= 4 is 52.2 Å². The Morgan fingerprint density at radius 2 is 2.11 bits per heavy atom. The van der Waals surface area contributed by atoms with Crippen molar-refractivity contribution in [3.63, 3.8) is 0 Å². The van der Waals surface area contributed by atoms with Gasteiger partial charge in [0.1, 0.15) is 0 Å². The second-order valence-electron chi connectivity index (χ2n) is 6.93. The lowest BCUT2D eigenvalue weighted by atomic mass is 10.0. The van der Waals surface area contributed by atoms with Crippen molar-refractivity contribution in [3.05, 3.63) is 36.0 Å². The largest absolute Gasteiger partial charge is 0.480 e. The minimum Gasteiger partial charge on any atom is -0.480 e. The van der Waals surface area contributed by atoms with E-state index in [9.17, 15) is 19.5 Å². The number of aliphatic imine (C=N–C) groups is 1. The maximum absolute atomic E-state index is 12.6. The van der Waals surface area contributed by atoms with Crippen LogP contribution in [0.5, 0.6) is 0 Å². The summed E-state index contributed by atoms with van der Waals surface area (Å²) in [5, 5.41) is 13.1. The smallest absolute Gasteiger partial charge is 0.328 e. The minimum atomic E-state index is -1.17. The topological polar surface area (TPSA) is 115 Å². The summed E-state index contributed by atoms with van der Waals surface area (Å²) in [5.74, 6) is -3.32. The number of hydrogen-bond donors (Lipinski definition) is 3. The van der Waals surface area contributed by atoms with Crippen LogP contribution in [0.3, 0.4) is 0 Å². The molecule has 9 heteroatoms. The minimum absolute atomic E-state index is 0.0120. The number of carboxylic acid groups (broad SMARTS) is 1. The average molecular weight is 398 g/mol. The van der Waals surface area contributed by atoms with Gasteiger partial charge in [-0.1, -0.05) is 18.2 Å². The molecule has 2 fully saturated rings. The molecule has 1 saturated carbocycles. The first-order valence-corrected chi connectivity index (χ1v) is 9.35. The molecule has 1 saturated heterocycles. The predicted octanol–water partition coefficient (Wildman–Crippen LogP) is 1.26. The molecule has 1 aromatic carbocycles. The van der Waals surface area contributed by atoms with Crippen molar-refractivity contribution in [2.24, 2.45) is 10.9 Å². The van der Waals surface area contributed by atoms with E-state index < -0.39 is 29.7 Å². The molecule has 2 atom stereocenters. The number of amides is 2. The highest BCUT2D eigenvalue weighted by molar-refractivity contribution is 7.80. The third-order valence-electron chi connectivity index (χ3n) is 4.94. The molecule has 3 N–H and O–H groups in total. The van der Waals surface area contributed by atoms with Crippen LogP contribution in [0.1, 0.15) is 18.4 Å². The Morgan fingerprint density at radius 3 is 2.82 bits per heavy atom. The van der Waals surface area contributed by atoms with Gasteiger partial charge in [-0.25, -0.2) is 4.79 Å². The zero-order valence-corrected chi connectivity index (χ0v) is 15.6. The summed E-state index contributed by atoms with van der Waals surface area (Å²) in [4.78, 5) is 45.1. The van der Waals surface area contributed by atoms with Crippen molar-refractivity contribution in [1.29, 1.82) is 0 Å². The number of hydrogen-bond acceptors (Lipinski definition) is 5. The van der Waals surface area contributed by atoms with Crippen LogP contribution in [0.2, 0.25) is 0 Å². The van der Waals surface area contributed by atoms with Crippen molar-refractivity contribution in [2.75, 3.05) is 0 Å². The van der Waals surface area contributed by atoms with Gasteiger partial charge in [0.15, 0.2) is 17.1 Å². The van der Waals surface area contributed by atoms with Crippen LogP contribution < -0.4 is 5.32 Å². The second-order valence-corrected chi connectivity index (χ2v) is 7.31. The highest BCUT2D eigenvalue weighted by Crippen LogP contribution is 2.29. The number of aromatic amines is 1. The maximum Gasteiger partial charge on any atom is 0.328 e. The number of rotatable bonds is 6. The van der Waals surface area contributed by atoms with Gasteiger partial charge in [0.2, 0.25) is 11.8 Å². The Balaban J connectivity index is 1.54. The standard InChI is InChI=1S/C19H18N4O4S/c24-16-13(17(25)23(11-5-6-11)19(28)22-16)9-21-15(18(26)27)7-10-8-20-14-4-2-1-3-12(10)14/h1-4,8-9,11,13,15,20H,5-7H2,(H,26,27)(H,22,24,28)/t13?,15-/m0/s1. The summed E-state index contributed by atoms with van der Waals surface area (Å²) in [6.07, 6.45) is 4.71. The van der Waals surface area contributed by atoms with Gasteiger partial charge >= 0.3 is 5.97 Å². The van der Waals surface area contributed by atoms with Gasteiger partial charge in [-0.05, 0) is 36.7 Å².